The fraction of sp³-hybridized carbons (Fsp3) is 0.182. The molecule has 0 atom stereocenters. The second kappa shape index (κ2) is 6.15. The summed E-state index contributed by atoms with van der Waals surface area (Å²) in [5.74, 6) is 2.19. The molecule has 1 aromatic heterocycles. The Kier molecular flexibility index (Phi) is 4.55. The number of thioether (sulfide) groups is 1. The van der Waals surface area contributed by atoms with E-state index < -0.39 is 5.76 Å². The van der Waals surface area contributed by atoms with E-state index in [2.05, 4.69) is 27.6 Å². The summed E-state index contributed by atoms with van der Waals surface area (Å²) in [4.78, 5) is 13.2. The lowest BCUT2D eigenvalue weighted by molar-refractivity contribution is 0.392. The van der Waals surface area contributed by atoms with Crippen LogP contribution >= 0.6 is 34.4 Å². The van der Waals surface area contributed by atoms with Gasteiger partial charge in [0.1, 0.15) is 17.4 Å². The Morgan fingerprint density at radius 3 is 2.76 bits per heavy atom. The van der Waals surface area contributed by atoms with Crippen molar-refractivity contribution in [2.24, 2.45) is 0 Å². The Hall–Kier alpha value is -0.890. The molecular formula is C11H10INO3S. The van der Waals surface area contributed by atoms with Crippen LogP contribution in [-0.4, -0.2) is 10.9 Å². The lowest BCUT2D eigenvalue weighted by Gasteiger charge is -2.04. The fourth-order valence-electron chi connectivity index (χ4n) is 1.17. The van der Waals surface area contributed by atoms with Crippen molar-refractivity contribution in [3.63, 3.8) is 0 Å². The second-order valence-electron chi connectivity index (χ2n) is 3.21. The molecule has 0 fully saturated rings. The van der Waals surface area contributed by atoms with Gasteiger partial charge in [-0.2, -0.15) is 0 Å². The molecule has 0 radical (unpaired) electrons. The van der Waals surface area contributed by atoms with Gasteiger partial charge in [-0.1, -0.05) is 0 Å². The minimum Gasteiger partial charge on any atom is -0.483 e. The topological polar surface area (TPSA) is 55.2 Å². The van der Waals surface area contributed by atoms with Crippen molar-refractivity contribution in [2.45, 2.75) is 5.75 Å². The number of ether oxygens (including phenoxy) is 1. The van der Waals surface area contributed by atoms with Gasteiger partial charge in [-0.15, -0.1) is 11.8 Å². The summed E-state index contributed by atoms with van der Waals surface area (Å²) in [6, 6.07) is 7.84. The van der Waals surface area contributed by atoms with Gasteiger partial charge < -0.3 is 9.15 Å². The molecule has 0 unspecified atom stereocenters. The number of aromatic nitrogens is 1. The van der Waals surface area contributed by atoms with Crippen LogP contribution in [0.5, 0.6) is 5.75 Å². The number of benzene rings is 1. The summed E-state index contributed by atoms with van der Waals surface area (Å²) in [6.07, 6.45) is 1.57. The van der Waals surface area contributed by atoms with Crippen LogP contribution in [0.2, 0.25) is 0 Å². The summed E-state index contributed by atoms with van der Waals surface area (Å²) in [7, 11) is 0. The molecule has 0 aliphatic heterocycles. The van der Waals surface area contributed by atoms with Gasteiger partial charge in [0.15, 0.2) is 0 Å². The summed E-state index contributed by atoms with van der Waals surface area (Å²) in [5, 5.41) is 0. The van der Waals surface area contributed by atoms with Gasteiger partial charge >= 0.3 is 5.76 Å². The molecule has 1 aromatic carbocycles. The van der Waals surface area contributed by atoms with Crippen LogP contribution in [0.15, 0.2) is 39.7 Å². The van der Waals surface area contributed by atoms with E-state index in [1.165, 1.54) is 3.57 Å². The molecule has 0 saturated heterocycles. The number of halogens is 1. The molecule has 0 amide bonds. The van der Waals surface area contributed by atoms with Crippen LogP contribution in [0.1, 0.15) is 5.76 Å². The highest BCUT2D eigenvalue weighted by Gasteiger charge is 1.99. The predicted octanol–water partition coefficient (Wildman–Crippen LogP) is 2.84. The zero-order valence-corrected chi connectivity index (χ0v) is 11.8. The van der Waals surface area contributed by atoms with Crippen molar-refractivity contribution >= 4 is 34.4 Å². The first-order valence-electron chi connectivity index (χ1n) is 4.87. The summed E-state index contributed by atoms with van der Waals surface area (Å²) in [5.41, 5.74) is 0. The molecule has 2 aromatic rings. The van der Waals surface area contributed by atoms with E-state index in [9.17, 15) is 4.79 Å². The van der Waals surface area contributed by atoms with E-state index in [0.29, 0.717) is 17.5 Å². The highest BCUT2D eigenvalue weighted by molar-refractivity contribution is 14.1. The van der Waals surface area contributed by atoms with Crippen LogP contribution in [0.4, 0.5) is 0 Å². The highest BCUT2D eigenvalue weighted by atomic mass is 127. The normalized spacial score (nSPS) is 10.4. The lowest BCUT2D eigenvalue weighted by atomic mass is 10.3. The molecule has 4 nitrogen and oxygen atoms in total. The fourth-order valence-corrected chi connectivity index (χ4v) is 2.18. The quantitative estimate of drug-likeness (QED) is 0.504. The van der Waals surface area contributed by atoms with Gasteiger partial charge in [-0.25, -0.2) is 4.79 Å². The first-order valence-corrected chi connectivity index (χ1v) is 7.11. The maximum atomic E-state index is 10.7. The van der Waals surface area contributed by atoms with Gasteiger partial charge in [0.05, 0.1) is 5.75 Å². The maximum absolute atomic E-state index is 10.7. The standard InChI is InChI=1S/C11H10INO3S/c12-8-1-3-9(4-2-8)15-7-17-6-10-5-13-11(14)16-10/h1-5H,6-7H2,(H,13,14). The van der Waals surface area contributed by atoms with Gasteiger partial charge in [-0.3, -0.25) is 4.98 Å². The lowest BCUT2D eigenvalue weighted by Crippen LogP contribution is -1.94. The minimum atomic E-state index is -0.417. The van der Waals surface area contributed by atoms with Crippen LogP contribution < -0.4 is 10.5 Å². The van der Waals surface area contributed by atoms with Crippen molar-refractivity contribution in [1.82, 2.24) is 4.98 Å². The number of oxazole rings is 1. The third-order valence-electron chi connectivity index (χ3n) is 1.94. The minimum absolute atomic E-state index is 0.417. The monoisotopic (exact) mass is 363 g/mol. The van der Waals surface area contributed by atoms with E-state index in [-0.39, 0.29) is 0 Å². The van der Waals surface area contributed by atoms with Crippen molar-refractivity contribution in [2.75, 3.05) is 5.94 Å². The molecule has 17 heavy (non-hydrogen) atoms. The maximum Gasteiger partial charge on any atom is 0.416 e. The van der Waals surface area contributed by atoms with E-state index >= 15 is 0 Å². The number of H-pyrrole nitrogens is 1. The Labute approximate surface area is 116 Å². The van der Waals surface area contributed by atoms with Gasteiger partial charge in [0.2, 0.25) is 0 Å². The highest BCUT2D eigenvalue weighted by Crippen LogP contribution is 2.16. The number of hydrogen-bond donors (Lipinski definition) is 1. The van der Waals surface area contributed by atoms with Crippen molar-refractivity contribution in [3.8, 4) is 5.75 Å². The Bertz CT molecular complexity index is 520. The van der Waals surface area contributed by atoms with Crippen LogP contribution in [-0.2, 0) is 5.75 Å². The Morgan fingerprint density at radius 2 is 2.12 bits per heavy atom. The molecule has 0 bridgehead atoms. The molecular weight excluding hydrogens is 353 g/mol. The zero-order valence-electron chi connectivity index (χ0n) is 8.81. The first-order chi connectivity index (χ1) is 8.24. The van der Waals surface area contributed by atoms with Crippen molar-refractivity contribution < 1.29 is 9.15 Å². The van der Waals surface area contributed by atoms with Crippen molar-refractivity contribution in [1.29, 1.82) is 0 Å². The predicted molar refractivity (Wildman–Crippen MR) is 75.3 cm³/mol. The SMILES string of the molecule is O=c1[nH]cc(CSCOc2ccc(I)cc2)o1. The van der Waals surface area contributed by atoms with Gasteiger partial charge in [0.25, 0.3) is 0 Å². The van der Waals surface area contributed by atoms with Crippen molar-refractivity contribution in [3.05, 3.63) is 50.3 Å². The summed E-state index contributed by atoms with van der Waals surface area (Å²) < 4.78 is 11.6. The molecule has 2 rings (SSSR count). The molecule has 1 heterocycles. The van der Waals surface area contributed by atoms with Crippen LogP contribution in [0.25, 0.3) is 0 Å². The second-order valence-corrected chi connectivity index (χ2v) is 5.39. The third kappa shape index (κ3) is 4.12. The molecule has 0 saturated carbocycles. The smallest absolute Gasteiger partial charge is 0.416 e. The van der Waals surface area contributed by atoms with Gasteiger partial charge in [0, 0.05) is 9.77 Å². The summed E-state index contributed by atoms with van der Waals surface area (Å²) >= 11 is 3.79. The van der Waals surface area contributed by atoms with Crippen LogP contribution in [0.3, 0.4) is 0 Å². The summed E-state index contributed by atoms with van der Waals surface area (Å²) in [6.45, 7) is 0. The number of aromatic amines is 1. The molecule has 0 spiro atoms. The Balaban J connectivity index is 1.73. The zero-order chi connectivity index (χ0) is 12.1. The molecule has 6 heteroatoms. The van der Waals surface area contributed by atoms with E-state index in [4.69, 9.17) is 9.15 Å². The average molecular weight is 363 g/mol. The van der Waals surface area contributed by atoms with Crippen LogP contribution in [0, 0.1) is 3.57 Å². The Morgan fingerprint density at radius 1 is 1.35 bits per heavy atom. The first kappa shape index (κ1) is 12.6. The van der Waals surface area contributed by atoms with Gasteiger partial charge in [-0.05, 0) is 46.9 Å². The molecule has 0 aliphatic rings. The molecule has 90 valence electrons. The van der Waals surface area contributed by atoms with E-state index in [1.54, 1.807) is 18.0 Å². The average Bonchev–Trinajstić information content (AvgIpc) is 2.73. The number of hydrogen-bond acceptors (Lipinski definition) is 4. The number of nitrogens with one attached hydrogen (secondary N) is 1. The number of rotatable bonds is 5. The van der Waals surface area contributed by atoms with E-state index in [1.807, 2.05) is 24.3 Å². The van der Waals surface area contributed by atoms with E-state index in [0.717, 1.165) is 5.75 Å². The molecule has 1 N–H and O–H groups in total. The third-order valence-corrected chi connectivity index (χ3v) is 3.43. The molecule has 0 aliphatic carbocycles. The largest absolute Gasteiger partial charge is 0.483 e.